The second kappa shape index (κ2) is 11.6. The molecule has 38 heavy (non-hydrogen) atoms. The van der Waals surface area contributed by atoms with Crippen molar-refractivity contribution in [1.82, 2.24) is 15.2 Å². The Balaban J connectivity index is 1.51. The number of aryl methyl sites for hydroxylation is 1. The van der Waals surface area contributed by atoms with Crippen molar-refractivity contribution in [3.63, 3.8) is 0 Å². The number of hydrogen-bond acceptors (Lipinski definition) is 11. The van der Waals surface area contributed by atoms with E-state index in [0.717, 1.165) is 28.0 Å². The summed E-state index contributed by atoms with van der Waals surface area (Å²) in [7, 11) is 1.28. The third kappa shape index (κ3) is 5.71. The molecule has 0 spiro atoms. The largest absolute Gasteiger partial charge is 0.477 e. The second-order valence-corrected chi connectivity index (χ2v) is 11.7. The number of hydrogen-bond donors (Lipinski definition) is 3. The first kappa shape index (κ1) is 27.7. The summed E-state index contributed by atoms with van der Waals surface area (Å²) in [5.41, 5.74) is 9.21. The molecule has 1 aromatic heterocycles. The molecule has 0 saturated carbocycles. The Bertz CT molecular complexity index is 1370. The number of carboxylic acids is 1. The molecule has 11 nitrogen and oxygen atoms in total. The Labute approximate surface area is 230 Å². The number of carbonyl (C=O) groups is 4. The molecule has 1 saturated heterocycles. The van der Waals surface area contributed by atoms with Gasteiger partial charge in [0, 0.05) is 23.8 Å². The van der Waals surface area contributed by atoms with Crippen LogP contribution in [0.3, 0.4) is 0 Å². The minimum atomic E-state index is -1.20. The fourth-order valence-electron chi connectivity index (χ4n) is 4.18. The van der Waals surface area contributed by atoms with E-state index in [0.29, 0.717) is 23.5 Å². The average Bonchev–Trinajstić information content (AvgIpc) is 3.30. The number of nitrogens with zero attached hydrogens (tertiary/aromatic N) is 3. The second-order valence-electron chi connectivity index (χ2n) is 8.53. The van der Waals surface area contributed by atoms with Crippen LogP contribution >= 0.6 is 34.9 Å². The molecule has 0 aliphatic carbocycles. The van der Waals surface area contributed by atoms with E-state index in [1.54, 1.807) is 5.38 Å². The van der Waals surface area contributed by atoms with E-state index in [4.69, 9.17) is 10.6 Å². The van der Waals surface area contributed by atoms with Crippen molar-refractivity contribution in [2.45, 2.75) is 37.4 Å². The van der Waals surface area contributed by atoms with E-state index in [1.807, 2.05) is 25.1 Å². The normalized spacial score (nSPS) is 19.1. The number of nitrogens with two attached hydrogens (primary N) is 1. The highest BCUT2D eigenvalue weighted by molar-refractivity contribution is 8.12. The number of aliphatic carboxylic acids is 1. The molecule has 1 aromatic carbocycles. The molecule has 3 heterocycles. The van der Waals surface area contributed by atoms with Gasteiger partial charge < -0.3 is 21.0 Å². The van der Waals surface area contributed by atoms with Crippen molar-refractivity contribution in [3.05, 3.63) is 57.2 Å². The van der Waals surface area contributed by atoms with E-state index < -0.39 is 29.2 Å². The van der Waals surface area contributed by atoms with Crippen molar-refractivity contribution in [2.75, 3.05) is 18.6 Å². The SMILES string of the molecule is CO/N=C(\C(=O)N[C@@H]1C(=O)N2C(C(=O)O)=C(Cc3ccc(CSC(C)=O)cc3C)CS[C@H]12)c1csc(N)n1. The number of aromatic nitrogens is 1. The Morgan fingerprint density at radius 2 is 2.13 bits per heavy atom. The van der Waals surface area contributed by atoms with Gasteiger partial charge in [-0.15, -0.1) is 23.1 Å². The highest BCUT2D eigenvalue weighted by Gasteiger charge is 2.54. The van der Waals surface area contributed by atoms with Gasteiger partial charge in [0.05, 0.1) is 0 Å². The Kier molecular flexibility index (Phi) is 8.43. The number of nitrogens with one attached hydrogen (secondary N) is 1. The minimum absolute atomic E-state index is 0.0421. The number of nitrogen functional groups attached to an aromatic ring is 1. The molecule has 1 fully saturated rings. The van der Waals surface area contributed by atoms with Crippen LogP contribution in [0.1, 0.15) is 29.3 Å². The maximum atomic E-state index is 13.1. The number of rotatable bonds is 9. The third-order valence-corrected chi connectivity index (χ3v) is 8.85. The maximum absolute atomic E-state index is 13.1. The van der Waals surface area contributed by atoms with Crippen molar-refractivity contribution in [3.8, 4) is 0 Å². The standard InChI is InChI=1S/C24H25N5O6S3/c1-11-6-13(8-36-12(2)30)4-5-14(11)7-15-9-37-22-18(21(32)29(22)19(15)23(33)34)27-20(31)17(28-35-3)16-10-38-24(25)26-16/h4-6,10,18,22H,7-9H2,1-3H3,(H2,25,26)(H,27,31)(H,33,34)/b28-17-/t18-,22-/m1/s1. The lowest BCUT2D eigenvalue weighted by molar-refractivity contribution is -0.150. The first-order valence-corrected chi connectivity index (χ1v) is 14.3. The molecular formula is C24H25N5O6S3. The number of fused-ring (bicyclic) bond motifs is 1. The number of amides is 2. The van der Waals surface area contributed by atoms with Gasteiger partial charge in [0.15, 0.2) is 16.0 Å². The highest BCUT2D eigenvalue weighted by Crippen LogP contribution is 2.41. The summed E-state index contributed by atoms with van der Waals surface area (Å²) >= 11 is 3.74. The number of oxime groups is 1. The van der Waals surface area contributed by atoms with Crippen LogP contribution in [0.5, 0.6) is 0 Å². The van der Waals surface area contributed by atoms with Crippen molar-refractivity contribution in [2.24, 2.45) is 5.16 Å². The van der Waals surface area contributed by atoms with Gasteiger partial charge in [0.1, 0.15) is 29.9 Å². The van der Waals surface area contributed by atoms with Gasteiger partial charge in [-0.05, 0) is 35.6 Å². The van der Waals surface area contributed by atoms with Crippen LogP contribution < -0.4 is 11.1 Å². The van der Waals surface area contributed by atoms with Crippen LogP contribution in [0, 0.1) is 6.92 Å². The summed E-state index contributed by atoms with van der Waals surface area (Å²) in [6.07, 6.45) is 0.365. The lowest BCUT2D eigenvalue weighted by Gasteiger charge is -2.49. The van der Waals surface area contributed by atoms with Crippen LogP contribution in [0.4, 0.5) is 5.13 Å². The topological polar surface area (TPSA) is 164 Å². The third-order valence-electron chi connectivity index (χ3n) is 5.95. The van der Waals surface area contributed by atoms with Crippen LogP contribution in [-0.2, 0) is 36.2 Å². The molecule has 2 atom stereocenters. The lowest BCUT2D eigenvalue weighted by atomic mass is 9.96. The van der Waals surface area contributed by atoms with E-state index in [-0.39, 0.29) is 27.3 Å². The van der Waals surface area contributed by atoms with E-state index >= 15 is 0 Å². The van der Waals surface area contributed by atoms with Gasteiger partial charge in [-0.1, -0.05) is 35.1 Å². The molecule has 0 unspecified atom stereocenters. The van der Waals surface area contributed by atoms with Gasteiger partial charge in [0.2, 0.25) is 0 Å². The summed E-state index contributed by atoms with van der Waals surface area (Å²) in [5, 5.41) is 17.6. The average molecular weight is 576 g/mol. The number of carboxylic acid groups (broad SMARTS) is 1. The molecule has 200 valence electrons. The molecule has 0 radical (unpaired) electrons. The molecule has 2 amide bonds. The number of benzene rings is 1. The number of anilines is 1. The van der Waals surface area contributed by atoms with Gasteiger partial charge in [-0.3, -0.25) is 19.3 Å². The van der Waals surface area contributed by atoms with Crippen LogP contribution in [0.25, 0.3) is 0 Å². The quantitative estimate of drug-likeness (QED) is 0.229. The van der Waals surface area contributed by atoms with Crippen LogP contribution in [0.15, 0.2) is 40.0 Å². The zero-order valence-corrected chi connectivity index (χ0v) is 23.2. The van der Waals surface area contributed by atoms with Crippen molar-refractivity contribution in [1.29, 1.82) is 0 Å². The summed E-state index contributed by atoms with van der Waals surface area (Å²) in [5.74, 6) is -1.45. The summed E-state index contributed by atoms with van der Waals surface area (Å²) in [6.45, 7) is 3.46. The highest BCUT2D eigenvalue weighted by atomic mass is 32.2. The molecule has 4 rings (SSSR count). The Hall–Kier alpha value is -3.36. The molecular weight excluding hydrogens is 550 g/mol. The van der Waals surface area contributed by atoms with E-state index in [9.17, 15) is 24.3 Å². The van der Waals surface area contributed by atoms with Crippen LogP contribution in [0.2, 0.25) is 0 Å². The number of thiazole rings is 1. The Morgan fingerprint density at radius 3 is 2.74 bits per heavy atom. The predicted octanol–water partition coefficient (Wildman–Crippen LogP) is 2.15. The molecule has 4 N–H and O–H groups in total. The summed E-state index contributed by atoms with van der Waals surface area (Å²) in [4.78, 5) is 59.5. The van der Waals surface area contributed by atoms with Crippen LogP contribution in [-0.4, -0.2) is 67.9 Å². The first-order chi connectivity index (χ1) is 18.1. The Morgan fingerprint density at radius 1 is 1.37 bits per heavy atom. The van der Waals surface area contributed by atoms with Gasteiger partial charge in [-0.25, -0.2) is 9.78 Å². The fraction of sp³-hybridized carbons (Fsp3) is 0.333. The van der Waals surface area contributed by atoms with Crippen molar-refractivity contribution >= 4 is 68.6 Å². The van der Waals surface area contributed by atoms with Gasteiger partial charge in [0.25, 0.3) is 11.8 Å². The lowest BCUT2D eigenvalue weighted by Crippen LogP contribution is -2.71. The van der Waals surface area contributed by atoms with E-state index in [1.165, 1.54) is 42.5 Å². The van der Waals surface area contributed by atoms with Gasteiger partial charge in [-0.2, -0.15) is 0 Å². The number of thioether (sulfide) groups is 2. The minimum Gasteiger partial charge on any atom is -0.477 e. The van der Waals surface area contributed by atoms with Gasteiger partial charge >= 0.3 is 5.97 Å². The first-order valence-electron chi connectivity index (χ1n) is 11.4. The molecule has 0 bridgehead atoms. The molecule has 2 aromatic rings. The van der Waals surface area contributed by atoms with Crippen molar-refractivity contribution < 1.29 is 29.1 Å². The van der Waals surface area contributed by atoms with E-state index in [2.05, 4.69) is 15.5 Å². The smallest absolute Gasteiger partial charge is 0.352 e. The molecule has 2 aliphatic heterocycles. The monoisotopic (exact) mass is 575 g/mol. The fourth-order valence-corrected chi connectivity index (χ4v) is 6.63. The predicted molar refractivity (Wildman–Crippen MR) is 147 cm³/mol. The zero-order valence-electron chi connectivity index (χ0n) is 20.7. The molecule has 2 aliphatic rings. The molecule has 14 heteroatoms. The number of carbonyl (C=O) groups excluding carboxylic acids is 3. The summed E-state index contributed by atoms with van der Waals surface area (Å²) < 4.78 is 0. The zero-order chi connectivity index (χ0) is 27.6. The summed E-state index contributed by atoms with van der Waals surface area (Å²) in [6, 6.07) is 4.91. The number of β-lactam (4-membered cyclic amide) rings is 1. The maximum Gasteiger partial charge on any atom is 0.352 e.